The zero-order valence-electron chi connectivity index (χ0n) is 10.3. The molecule has 0 aliphatic rings. The Bertz CT molecular complexity index is 380. The normalized spacial score (nSPS) is 10.1. The van der Waals surface area contributed by atoms with Crippen LogP contribution in [0, 0.1) is 0 Å². The molecule has 1 rings (SSSR count). The van der Waals surface area contributed by atoms with E-state index in [1.54, 1.807) is 7.11 Å². The minimum Gasteiger partial charge on any atom is -0.493 e. The SMILES string of the molecule is C=C(Cl)CNCc1cccc(OCC)c1OC. The van der Waals surface area contributed by atoms with Crippen LogP contribution in [-0.4, -0.2) is 20.3 Å². The van der Waals surface area contributed by atoms with E-state index in [0.29, 0.717) is 24.7 Å². The molecule has 0 aliphatic heterocycles. The maximum absolute atomic E-state index is 5.69. The molecule has 0 unspecified atom stereocenters. The van der Waals surface area contributed by atoms with Gasteiger partial charge in [-0.15, -0.1) is 0 Å². The summed E-state index contributed by atoms with van der Waals surface area (Å²) < 4.78 is 10.9. The summed E-state index contributed by atoms with van der Waals surface area (Å²) in [5.41, 5.74) is 1.04. The molecule has 0 saturated heterocycles. The van der Waals surface area contributed by atoms with Crippen molar-refractivity contribution in [3.63, 3.8) is 0 Å². The first-order valence-electron chi connectivity index (χ1n) is 5.51. The molecule has 0 spiro atoms. The van der Waals surface area contributed by atoms with Gasteiger partial charge in [-0.3, -0.25) is 0 Å². The minimum absolute atomic E-state index is 0.573. The van der Waals surface area contributed by atoms with Crippen LogP contribution in [0.1, 0.15) is 12.5 Å². The first kappa shape index (κ1) is 13.9. The van der Waals surface area contributed by atoms with E-state index in [1.165, 1.54) is 0 Å². The third-order valence-corrected chi connectivity index (χ3v) is 2.33. The first-order chi connectivity index (χ1) is 8.19. The Kier molecular flexibility index (Phi) is 5.87. The Morgan fingerprint density at radius 2 is 2.24 bits per heavy atom. The van der Waals surface area contributed by atoms with Gasteiger partial charge in [-0.1, -0.05) is 30.3 Å². The highest BCUT2D eigenvalue weighted by atomic mass is 35.5. The molecule has 0 aromatic heterocycles. The molecule has 1 aromatic carbocycles. The van der Waals surface area contributed by atoms with Gasteiger partial charge in [-0.2, -0.15) is 0 Å². The lowest BCUT2D eigenvalue weighted by Gasteiger charge is -2.13. The number of methoxy groups -OCH3 is 1. The van der Waals surface area contributed by atoms with Crippen molar-refractivity contribution < 1.29 is 9.47 Å². The molecule has 0 radical (unpaired) electrons. The van der Waals surface area contributed by atoms with Crippen molar-refractivity contribution in [3.8, 4) is 11.5 Å². The molecule has 3 nitrogen and oxygen atoms in total. The number of ether oxygens (including phenoxy) is 2. The van der Waals surface area contributed by atoms with E-state index >= 15 is 0 Å². The van der Waals surface area contributed by atoms with Gasteiger partial charge in [0.05, 0.1) is 13.7 Å². The lowest BCUT2D eigenvalue weighted by molar-refractivity contribution is 0.309. The Labute approximate surface area is 107 Å². The van der Waals surface area contributed by atoms with Gasteiger partial charge >= 0.3 is 0 Å². The Morgan fingerprint density at radius 3 is 2.82 bits per heavy atom. The number of benzene rings is 1. The topological polar surface area (TPSA) is 30.5 Å². The average molecular weight is 256 g/mol. The monoisotopic (exact) mass is 255 g/mol. The van der Waals surface area contributed by atoms with Crippen LogP contribution in [0.5, 0.6) is 11.5 Å². The summed E-state index contributed by atoms with van der Waals surface area (Å²) in [5, 5.41) is 3.77. The Balaban J connectivity index is 2.76. The number of para-hydroxylation sites is 1. The van der Waals surface area contributed by atoms with E-state index in [0.717, 1.165) is 17.1 Å². The fraction of sp³-hybridized carbons (Fsp3) is 0.385. The first-order valence-corrected chi connectivity index (χ1v) is 5.89. The highest BCUT2D eigenvalue weighted by Gasteiger charge is 2.09. The fourth-order valence-electron chi connectivity index (χ4n) is 1.53. The highest BCUT2D eigenvalue weighted by Crippen LogP contribution is 2.30. The molecule has 4 heteroatoms. The van der Waals surface area contributed by atoms with Gasteiger partial charge in [0.1, 0.15) is 0 Å². The third-order valence-electron chi connectivity index (χ3n) is 2.20. The number of halogens is 1. The zero-order chi connectivity index (χ0) is 12.7. The van der Waals surface area contributed by atoms with Crippen molar-refractivity contribution in [1.29, 1.82) is 0 Å². The zero-order valence-corrected chi connectivity index (χ0v) is 11.0. The summed E-state index contributed by atoms with van der Waals surface area (Å²) in [5.74, 6) is 1.53. The Hall–Kier alpha value is -1.19. The summed E-state index contributed by atoms with van der Waals surface area (Å²) in [4.78, 5) is 0. The van der Waals surface area contributed by atoms with Gasteiger partial charge in [0.2, 0.25) is 0 Å². The van der Waals surface area contributed by atoms with E-state index in [2.05, 4.69) is 11.9 Å². The number of nitrogens with one attached hydrogen (secondary N) is 1. The maximum Gasteiger partial charge on any atom is 0.165 e. The molecule has 0 atom stereocenters. The molecule has 94 valence electrons. The summed E-state index contributed by atoms with van der Waals surface area (Å²) in [6.07, 6.45) is 0. The molecule has 17 heavy (non-hydrogen) atoms. The second-order valence-electron chi connectivity index (χ2n) is 3.50. The molecule has 0 heterocycles. The predicted molar refractivity (Wildman–Crippen MR) is 70.9 cm³/mol. The van der Waals surface area contributed by atoms with Crippen LogP contribution >= 0.6 is 11.6 Å². The van der Waals surface area contributed by atoms with Crippen molar-refractivity contribution in [1.82, 2.24) is 5.32 Å². The van der Waals surface area contributed by atoms with Crippen LogP contribution < -0.4 is 14.8 Å². The summed E-state index contributed by atoms with van der Waals surface area (Å²) >= 11 is 5.69. The van der Waals surface area contributed by atoms with E-state index in [9.17, 15) is 0 Å². The standard InChI is InChI=1S/C13H18ClNO2/c1-4-17-12-7-5-6-11(13(12)16-3)9-15-8-10(2)14/h5-7,15H,2,4,8-9H2,1,3H3. The molecule has 1 N–H and O–H groups in total. The minimum atomic E-state index is 0.573. The molecule has 0 bridgehead atoms. The second kappa shape index (κ2) is 7.20. The molecule has 1 aromatic rings. The quantitative estimate of drug-likeness (QED) is 0.813. The largest absolute Gasteiger partial charge is 0.493 e. The van der Waals surface area contributed by atoms with E-state index < -0.39 is 0 Å². The van der Waals surface area contributed by atoms with Gasteiger partial charge in [-0.05, 0) is 13.0 Å². The van der Waals surface area contributed by atoms with Crippen LogP contribution in [0.15, 0.2) is 29.8 Å². The average Bonchev–Trinajstić information content (AvgIpc) is 2.29. The van der Waals surface area contributed by atoms with Crippen LogP contribution in [-0.2, 0) is 6.54 Å². The van der Waals surface area contributed by atoms with Crippen molar-refractivity contribution in [2.75, 3.05) is 20.3 Å². The Morgan fingerprint density at radius 1 is 1.47 bits per heavy atom. The van der Waals surface area contributed by atoms with E-state index in [-0.39, 0.29) is 0 Å². The summed E-state index contributed by atoms with van der Waals surface area (Å²) in [6.45, 7) is 7.42. The molecular formula is C13H18ClNO2. The van der Waals surface area contributed by atoms with Gasteiger partial charge in [0.25, 0.3) is 0 Å². The smallest absolute Gasteiger partial charge is 0.165 e. The van der Waals surface area contributed by atoms with Crippen LogP contribution in [0.25, 0.3) is 0 Å². The van der Waals surface area contributed by atoms with Crippen LogP contribution in [0.2, 0.25) is 0 Å². The third kappa shape index (κ3) is 4.29. The van der Waals surface area contributed by atoms with Crippen molar-refractivity contribution in [2.45, 2.75) is 13.5 Å². The predicted octanol–water partition coefficient (Wildman–Crippen LogP) is 2.94. The fourth-order valence-corrected chi connectivity index (χ4v) is 1.63. The lowest BCUT2D eigenvalue weighted by Crippen LogP contribution is -2.15. The van der Waals surface area contributed by atoms with Crippen LogP contribution in [0.3, 0.4) is 0 Å². The molecule has 0 fully saturated rings. The molecule has 0 amide bonds. The molecule has 0 saturated carbocycles. The highest BCUT2D eigenvalue weighted by molar-refractivity contribution is 6.29. The molecule has 0 aliphatic carbocycles. The van der Waals surface area contributed by atoms with Crippen LogP contribution in [0.4, 0.5) is 0 Å². The number of hydrogen-bond donors (Lipinski definition) is 1. The van der Waals surface area contributed by atoms with Gasteiger partial charge in [0, 0.05) is 23.7 Å². The van der Waals surface area contributed by atoms with Crippen molar-refractivity contribution >= 4 is 11.6 Å². The number of rotatable bonds is 7. The van der Waals surface area contributed by atoms with E-state index in [4.69, 9.17) is 21.1 Å². The second-order valence-corrected chi connectivity index (χ2v) is 4.04. The molecular weight excluding hydrogens is 238 g/mol. The van der Waals surface area contributed by atoms with Gasteiger partial charge in [0.15, 0.2) is 11.5 Å². The lowest BCUT2D eigenvalue weighted by atomic mass is 10.2. The van der Waals surface area contributed by atoms with E-state index in [1.807, 2.05) is 25.1 Å². The maximum atomic E-state index is 5.69. The number of hydrogen-bond acceptors (Lipinski definition) is 3. The van der Waals surface area contributed by atoms with Crippen molar-refractivity contribution in [2.24, 2.45) is 0 Å². The van der Waals surface area contributed by atoms with Crippen molar-refractivity contribution in [3.05, 3.63) is 35.4 Å². The van der Waals surface area contributed by atoms with Gasteiger partial charge < -0.3 is 14.8 Å². The summed E-state index contributed by atoms with van der Waals surface area (Å²) in [6, 6.07) is 5.83. The van der Waals surface area contributed by atoms with Gasteiger partial charge in [-0.25, -0.2) is 0 Å². The summed E-state index contributed by atoms with van der Waals surface area (Å²) in [7, 11) is 1.64.